The molecular formula is C19H23NO. The van der Waals surface area contributed by atoms with Crippen LogP contribution in [0.5, 0.6) is 5.75 Å². The molecule has 0 amide bonds. The van der Waals surface area contributed by atoms with Crippen LogP contribution in [0.3, 0.4) is 0 Å². The molecule has 2 nitrogen and oxygen atoms in total. The third-order valence-corrected chi connectivity index (χ3v) is 4.46. The normalized spacial score (nSPS) is 20.7. The van der Waals surface area contributed by atoms with Gasteiger partial charge in [-0.15, -0.1) is 0 Å². The molecule has 1 aliphatic heterocycles. The molecular weight excluding hydrogens is 258 g/mol. The van der Waals surface area contributed by atoms with Gasteiger partial charge in [0.2, 0.25) is 0 Å². The Morgan fingerprint density at radius 2 is 1.81 bits per heavy atom. The molecule has 21 heavy (non-hydrogen) atoms. The van der Waals surface area contributed by atoms with Crippen molar-refractivity contribution in [3.8, 4) is 5.75 Å². The molecule has 0 saturated heterocycles. The summed E-state index contributed by atoms with van der Waals surface area (Å²) in [7, 11) is 0. The monoisotopic (exact) mass is 281 g/mol. The van der Waals surface area contributed by atoms with E-state index in [4.69, 9.17) is 4.74 Å². The minimum absolute atomic E-state index is 0.129. The topological polar surface area (TPSA) is 21.3 Å². The zero-order chi connectivity index (χ0) is 14.8. The summed E-state index contributed by atoms with van der Waals surface area (Å²) in [6.07, 6.45) is 1.11. The van der Waals surface area contributed by atoms with Crippen molar-refractivity contribution >= 4 is 0 Å². The van der Waals surface area contributed by atoms with Gasteiger partial charge in [0.05, 0.1) is 0 Å². The van der Waals surface area contributed by atoms with Crippen LogP contribution in [0.2, 0.25) is 0 Å². The zero-order valence-electron chi connectivity index (χ0n) is 13.0. The van der Waals surface area contributed by atoms with E-state index in [1.165, 1.54) is 22.3 Å². The lowest BCUT2D eigenvalue weighted by molar-refractivity contribution is 0.151. The van der Waals surface area contributed by atoms with Crippen molar-refractivity contribution in [1.29, 1.82) is 0 Å². The Balaban J connectivity index is 1.98. The van der Waals surface area contributed by atoms with Crippen LogP contribution in [-0.2, 0) is 0 Å². The summed E-state index contributed by atoms with van der Waals surface area (Å²) in [5.41, 5.74) is 5.26. The summed E-state index contributed by atoms with van der Waals surface area (Å²) in [5, 5.41) is 3.59. The van der Waals surface area contributed by atoms with E-state index in [1.807, 2.05) is 6.07 Å². The molecule has 3 rings (SSSR count). The summed E-state index contributed by atoms with van der Waals surface area (Å²) >= 11 is 0. The maximum absolute atomic E-state index is 6.29. The molecule has 0 aromatic heterocycles. The largest absolute Gasteiger partial charge is 0.485 e. The van der Waals surface area contributed by atoms with E-state index in [1.54, 1.807) is 0 Å². The number of benzene rings is 2. The van der Waals surface area contributed by atoms with Crippen LogP contribution in [-0.4, -0.2) is 6.54 Å². The molecule has 2 atom stereocenters. The van der Waals surface area contributed by atoms with E-state index in [-0.39, 0.29) is 6.10 Å². The average molecular weight is 281 g/mol. The van der Waals surface area contributed by atoms with Crippen molar-refractivity contribution < 1.29 is 4.74 Å². The number of ether oxygens (including phenoxy) is 1. The first kappa shape index (κ1) is 14.2. The Kier molecular flexibility index (Phi) is 3.98. The minimum atomic E-state index is 0.129. The molecule has 0 aliphatic carbocycles. The van der Waals surface area contributed by atoms with Crippen LogP contribution in [0.15, 0.2) is 42.5 Å². The number of rotatable bonds is 3. The van der Waals surface area contributed by atoms with Crippen LogP contribution in [0, 0.1) is 13.8 Å². The van der Waals surface area contributed by atoms with Crippen molar-refractivity contribution in [2.24, 2.45) is 0 Å². The first-order chi connectivity index (χ1) is 10.2. The Labute approximate surface area is 127 Å². The van der Waals surface area contributed by atoms with Gasteiger partial charge in [-0.1, -0.05) is 43.3 Å². The van der Waals surface area contributed by atoms with Gasteiger partial charge in [-0.3, -0.25) is 0 Å². The second-order valence-corrected chi connectivity index (χ2v) is 5.78. The van der Waals surface area contributed by atoms with Gasteiger partial charge < -0.3 is 10.1 Å². The number of aryl methyl sites for hydroxylation is 1. The lowest BCUT2D eigenvalue weighted by Gasteiger charge is -2.33. The van der Waals surface area contributed by atoms with Gasteiger partial charge in [0.25, 0.3) is 0 Å². The fourth-order valence-corrected chi connectivity index (χ4v) is 3.17. The van der Waals surface area contributed by atoms with Crippen LogP contribution >= 0.6 is 0 Å². The molecule has 0 fully saturated rings. The van der Waals surface area contributed by atoms with Crippen molar-refractivity contribution in [3.63, 3.8) is 0 Å². The van der Waals surface area contributed by atoms with Crippen molar-refractivity contribution in [2.45, 2.75) is 39.3 Å². The van der Waals surface area contributed by atoms with Gasteiger partial charge in [-0.2, -0.15) is 0 Å². The second-order valence-electron chi connectivity index (χ2n) is 5.78. The van der Waals surface area contributed by atoms with E-state index < -0.39 is 0 Å². The zero-order valence-corrected chi connectivity index (χ0v) is 13.0. The Hall–Kier alpha value is -1.80. The summed E-state index contributed by atoms with van der Waals surface area (Å²) in [6, 6.07) is 15.2. The van der Waals surface area contributed by atoms with Gasteiger partial charge in [0.1, 0.15) is 11.9 Å². The van der Waals surface area contributed by atoms with Crippen LogP contribution in [0.1, 0.15) is 47.7 Å². The summed E-state index contributed by atoms with van der Waals surface area (Å²) in [6.45, 7) is 7.48. The third kappa shape index (κ3) is 2.68. The van der Waals surface area contributed by atoms with Gasteiger partial charge in [0, 0.05) is 18.0 Å². The smallest absolute Gasteiger partial charge is 0.126 e. The van der Waals surface area contributed by atoms with Gasteiger partial charge in [-0.05, 0) is 43.1 Å². The summed E-state index contributed by atoms with van der Waals surface area (Å²) in [4.78, 5) is 0. The quantitative estimate of drug-likeness (QED) is 0.895. The highest BCUT2D eigenvalue weighted by molar-refractivity contribution is 5.41. The molecule has 110 valence electrons. The van der Waals surface area contributed by atoms with E-state index in [0.29, 0.717) is 6.04 Å². The van der Waals surface area contributed by atoms with Gasteiger partial charge >= 0.3 is 0 Å². The first-order valence-corrected chi connectivity index (χ1v) is 7.75. The van der Waals surface area contributed by atoms with Gasteiger partial charge in [-0.25, -0.2) is 0 Å². The Morgan fingerprint density at radius 3 is 2.62 bits per heavy atom. The fraction of sp³-hybridized carbons (Fsp3) is 0.368. The molecule has 1 aliphatic rings. The SMILES string of the molecule is CCNC1CC(c2cccc(C)c2C)Oc2ccccc21. The minimum Gasteiger partial charge on any atom is -0.485 e. The lowest BCUT2D eigenvalue weighted by Crippen LogP contribution is -2.29. The predicted molar refractivity (Wildman–Crippen MR) is 86.8 cm³/mol. The number of nitrogens with one attached hydrogen (secondary N) is 1. The van der Waals surface area contributed by atoms with E-state index in [2.05, 4.69) is 62.5 Å². The second kappa shape index (κ2) is 5.90. The molecule has 2 heteroatoms. The molecule has 1 heterocycles. The molecule has 0 saturated carbocycles. The average Bonchev–Trinajstić information content (AvgIpc) is 2.50. The van der Waals surface area contributed by atoms with Crippen molar-refractivity contribution in [1.82, 2.24) is 5.32 Å². The summed E-state index contributed by atoms with van der Waals surface area (Å²) < 4.78 is 6.29. The van der Waals surface area contributed by atoms with E-state index in [0.717, 1.165) is 18.7 Å². The number of hydrogen-bond acceptors (Lipinski definition) is 2. The number of hydrogen-bond donors (Lipinski definition) is 1. The maximum Gasteiger partial charge on any atom is 0.126 e. The van der Waals surface area contributed by atoms with Crippen LogP contribution in [0.4, 0.5) is 0 Å². The first-order valence-electron chi connectivity index (χ1n) is 7.75. The molecule has 0 bridgehead atoms. The molecule has 0 radical (unpaired) electrons. The predicted octanol–water partition coefficient (Wildman–Crippen LogP) is 4.48. The maximum atomic E-state index is 6.29. The number of para-hydroxylation sites is 1. The molecule has 1 N–H and O–H groups in total. The molecule has 2 unspecified atom stereocenters. The van der Waals surface area contributed by atoms with Crippen molar-refractivity contribution in [2.75, 3.05) is 6.54 Å². The summed E-state index contributed by atoms with van der Waals surface area (Å²) in [5.74, 6) is 1.01. The fourth-order valence-electron chi connectivity index (χ4n) is 3.17. The van der Waals surface area contributed by atoms with Gasteiger partial charge in [0.15, 0.2) is 0 Å². The number of fused-ring (bicyclic) bond motifs is 1. The van der Waals surface area contributed by atoms with Crippen molar-refractivity contribution in [3.05, 3.63) is 64.7 Å². The molecule has 2 aromatic rings. The highest BCUT2D eigenvalue weighted by Crippen LogP contribution is 2.41. The Morgan fingerprint density at radius 1 is 1.05 bits per heavy atom. The van der Waals surface area contributed by atoms with Crippen LogP contribution < -0.4 is 10.1 Å². The highest BCUT2D eigenvalue weighted by atomic mass is 16.5. The molecule has 2 aromatic carbocycles. The van der Waals surface area contributed by atoms with Crippen LogP contribution in [0.25, 0.3) is 0 Å². The van der Waals surface area contributed by atoms with E-state index >= 15 is 0 Å². The molecule has 0 spiro atoms. The highest BCUT2D eigenvalue weighted by Gasteiger charge is 2.29. The lowest BCUT2D eigenvalue weighted by atomic mass is 9.90. The third-order valence-electron chi connectivity index (χ3n) is 4.46. The Bertz CT molecular complexity index is 635. The standard InChI is InChI=1S/C19H23NO/c1-4-20-17-12-19(15-10-7-8-13(2)14(15)3)21-18-11-6-5-9-16(17)18/h5-11,17,19-20H,4,12H2,1-3H3. The van der Waals surface area contributed by atoms with E-state index in [9.17, 15) is 0 Å².